The molecule has 3 heterocycles. The molecule has 1 saturated heterocycles. The summed E-state index contributed by atoms with van der Waals surface area (Å²) in [7, 11) is 0. The second-order valence-corrected chi connectivity index (χ2v) is 7.71. The molecule has 31 heavy (non-hydrogen) atoms. The van der Waals surface area contributed by atoms with Gasteiger partial charge in [0.25, 0.3) is 5.56 Å². The van der Waals surface area contributed by atoms with Crippen LogP contribution in [-0.2, 0) is 33.3 Å². The van der Waals surface area contributed by atoms with Crippen molar-refractivity contribution < 1.29 is 33.3 Å². The van der Waals surface area contributed by atoms with Gasteiger partial charge in [-0.2, -0.15) is 4.98 Å². The molecule has 0 unspecified atom stereocenters. The minimum absolute atomic E-state index is 0.00402. The van der Waals surface area contributed by atoms with Gasteiger partial charge < -0.3 is 24.7 Å². The van der Waals surface area contributed by atoms with E-state index in [1.165, 1.54) is 13.8 Å². The van der Waals surface area contributed by atoms with E-state index >= 15 is 0 Å². The van der Waals surface area contributed by atoms with Gasteiger partial charge in [-0.25, -0.2) is 0 Å². The van der Waals surface area contributed by atoms with Crippen molar-refractivity contribution in [2.75, 3.05) is 18.9 Å². The molecule has 3 rings (SSSR count). The Morgan fingerprint density at radius 1 is 1.13 bits per heavy atom. The molecular formula is C17H20N4O9S. The molecule has 1 aliphatic rings. The normalized spacial score (nSPS) is 22.9. The topological polar surface area (TPSA) is 182 Å². The van der Waals surface area contributed by atoms with Crippen LogP contribution in [0, 0.1) is 5.92 Å². The van der Waals surface area contributed by atoms with Gasteiger partial charge in [0.2, 0.25) is 5.95 Å². The highest BCUT2D eigenvalue weighted by Gasteiger charge is 2.50. The number of anilines is 1. The summed E-state index contributed by atoms with van der Waals surface area (Å²) in [4.78, 5) is 65.0. The Hall–Kier alpha value is -3.26. The Balaban J connectivity index is 2.10. The number of nitrogens with zero attached hydrogens (tertiary/aromatic N) is 2. The smallest absolute Gasteiger partial charge is 0.311 e. The summed E-state index contributed by atoms with van der Waals surface area (Å²) >= 11 is 0.615. The predicted molar refractivity (Wildman–Crippen MR) is 105 cm³/mol. The van der Waals surface area contributed by atoms with Crippen LogP contribution in [0.25, 0.3) is 10.3 Å². The number of nitrogens with two attached hydrogens (primary N) is 1. The molecule has 2 aromatic rings. The first-order valence-electron chi connectivity index (χ1n) is 9.08. The van der Waals surface area contributed by atoms with Crippen LogP contribution in [0.3, 0.4) is 0 Å². The largest absolute Gasteiger partial charge is 0.465 e. The summed E-state index contributed by atoms with van der Waals surface area (Å²) in [5, 5.41) is 0. The third kappa shape index (κ3) is 4.74. The lowest BCUT2D eigenvalue weighted by Gasteiger charge is -2.23. The summed E-state index contributed by atoms with van der Waals surface area (Å²) in [5.74, 6) is -2.85. The second kappa shape index (κ2) is 8.85. The average Bonchev–Trinajstić information content (AvgIpc) is 3.14. The van der Waals surface area contributed by atoms with Crippen LogP contribution < -0.4 is 16.2 Å². The van der Waals surface area contributed by atoms with E-state index in [-0.39, 0.29) is 29.5 Å². The maximum absolute atomic E-state index is 12.7. The van der Waals surface area contributed by atoms with E-state index in [0.29, 0.717) is 11.3 Å². The molecule has 1 fully saturated rings. The molecular weight excluding hydrogens is 436 g/mol. The number of hydrogen-bond donors (Lipinski definition) is 2. The standard InChI is InChI=1S/C17H20N4O9S/c1-6(22)27-4-9-10(5-28-7(2)23)30-15(11(9)29-8(3)24)21-13-12(31-17(21)26)14(25)20-16(18)19-13/h9-11,15H,4-5H2,1-3H3,(H3,18,19,20,25)/t9-,10-,11-,15-/m1/s1. The van der Waals surface area contributed by atoms with Crippen molar-refractivity contribution in [2.45, 2.75) is 39.2 Å². The molecule has 3 N–H and O–H groups in total. The minimum atomic E-state index is -1.24. The molecule has 1 aliphatic heterocycles. The minimum Gasteiger partial charge on any atom is -0.465 e. The van der Waals surface area contributed by atoms with Gasteiger partial charge in [-0.3, -0.25) is 33.5 Å². The third-order valence-corrected chi connectivity index (χ3v) is 5.42. The second-order valence-electron chi connectivity index (χ2n) is 6.75. The highest BCUT2D eigenvalue weighted by Crippen LogP contribution is 2.38. The number of nitrogens with one attached hydrogen (secondary N) is 1. The molecule has 0 bridgehead atoms. The number of thiazole rings is 1. The van der Waals surface area contributed by atoms with Crippen LogP contribution in [0.4, 0.5) is 5.95 Å². The predicted octanol–water partition coefficient (Wildman–Crippen LogP) is -0.700. The molecule has 0 spiro atoms. The number of aromatic nitrogens is 3. The number of hydrogen-bond acceptors (Lipinski definition) is 12. The van der Waals surface area contributed by atoms with E-state index in [1.807, 2.05) is 0 Å². The monoisotopic (exact) mass is 456 g/mol. The van der Waals surface area contributed by atoms with Crippen LogP contribution >= 0.6 is 11.3 Å². The number of carbonyl (C=O) groups is 3. The zero-order chi connectivity index (χ0) is 22.9. The van der Waals surface area contributed by atoms with Gasteiger partial charge in [0.15, 0.2) is 18.0 Å². The van der Waals surface area contributed by atoms with Crippen LogP contribution in [0.1, 0.15) is 27.0 Å². The maximum atomic E-state index is 12.7. The van der Waals surface area contributed by atoms with Crippen molar-refractivity contribution in [3.63, 3.8) is 0 Å². The number of aromatic amines is 1. The molecule has 168 valence electrons. The van der Waals surface area contributed by atoms with Crippen molar-refractivity contribution in [3.05, 3.63) is 20.0 Å². The van der Waals surface area contributed by atoms with Gasteiger partial charge in [0, 0.05) is 20.8 Å². The Bertz CT molecular complexity index is 1140. The highest BCUT2D eigenvalue weighted by atomic mass is 32.1. The molecule has 13 nitrogen and oxygen atoms in total. The molecule has 14 heteroatoms. The Kier molecular flexibility index (Phi) is 6.40. The van der Waals surface area contributed by atoms with Crippen molar-refractivity contribution in [3.8, 4) is 0 Å². The van der Waals surface area contributed by atoms with Gasteiger partial charge in [0.1, 0.15) is 24.0 Å². The summed E-state index contributed by atoms with van der Waals surface area (Å²) in [6, 6.07) is 0. The van der Waals surface area contributed by atoms with Gasteiger partial charge in [-0.15, -0.1) is 0 Å². The van der Waals surface area contributed by atoms with Crippen LogP contribution in [0.2, 0.25) is 0 Å². The fourth-order valence-corrected chi connectivity index (χ4v) is 4.12. The van der Waals surface area contributed by atoms with Gasteiger partial charge >= 0.3 is 22.8 Å². The van der Waals surface area contributed by atoms with Crippen LogP contribution in [0.15, 0.2) is 9.59 Å². The number of esters is 3. The number of fused-ring (bicyclic) bond motifs is 1. The fraction of sp³-hybridized carbons (Fsp3) is 0.529. The van der Waals surface area contributed by atoms with Crippen molar-refractivity contribution in [1.82, 2.24) is 14.5 Å². The molecule has 2 aromatic heterocycles. The van der Waals surface area contributed by atoms with Gasteiger partial charge in [-0.05, 0) is 0 Å². The van der Waals surface area contributed by atoms with Crippen molar-refractivity contribution >= 4 is 45.5 Å². The zero-order valence-electron chi connectivity index (χ0n) is 16.8. The lowest BCUT2D eigenvalue weighted by Crippen LogP contribution is -2.37. The lowest BCUT2D eigenvalue weighted by molar-refractivity contribution is -0.155. The number of carbonyl (C=O) groups excluding carboxylic acids is 3. The van der Waals surface area contributed by atoms with E-state index in [4.69, 9.17) is 24.7 Å². The summed E-state index contributed by atoms with van der Waals surface area (Å²) in [6.07, 6.45) is -3.24. The number of H-pyrrole nitrogens is 1. The first-order chi connectivity index (χ1) is 14.6. The van der Waals surface area contributed by atoms with E-state index in [9.17, 15) is 24.0 Å². The molecule has 0 radical (unpaired) electrons. The number of rotatable bonds is 6. The van der Waals surface area contributed by atoms with Crippen LogP contribution in [-0.4, -0.2) is 57.9 Å². The molecule has 0 aromatic carbocycles. The maximum Gasteiger partial charge on any atom is 0.311 e. The SMILES string of the molecule is CC(=O)OC[C@H]1[C@@H](OC(C)=O)[C@H](n2c(=O)sc3c(=O)[nH]c(N)nc32)O[C@@H]1COC(C)=O. The first kappa shape index (κ1) is 22.4. The third-order valence-electron chi connectivity index (χ3n) is 4.47. The molecule has 0 amide bonds. The summed E-state index contributed by atoms with van der Waals surface area (Å²) < 4.78 is 22.5. The number of ether oxygens (including phenoxy) is 4. The molecule has 0 aliphatic carbocycles. The molecule has 4 atom stereocenters. The fourth-order valence-electron chi connectivity index (χ4n) is 3.27. The average molecular weight is 456 g/mol. The Morgan fingerprint density at radius 2 is 1.77 bits per heavy atom. The highest BCUT2D eigenvalue weighted by molar-refractivity contribution is 7.16. The van der Waals surface area contributed by atoms with Gasteiger partial charge in [0.05, 0.1) is 5.92 Å². The van der Waals surface area contributed by atoms with Crippen molar-refractivity contribution in [1.29, 1.82) is 0 Å². The van der Waals surface area contributed by atoms with Crippen molar-refractivity contribution in [2.24, 2.45) is 5.92 Å². The quantitative estimate of drug-likeness (QED) is 0.414. The van der Waals surface area contributed by atoms with Gasteiger partial charge in [-0.1, -0.05) is 11.3 Å². The zero-order valence-corrected chi connectivity index (χ0v) is 17.6. The van der Waals surface area contributed by atoms with Crippen LogP contribution in [0.5, 0.6) is 0 Å². The first-order valence-corrected chi connectivity index (χ1v) is 9.90. The summed E-state index contributed by atoms with van der Waals surface area (Å²) in [5.41, 5.74) is 4.94. The van der Waals surface area contributed by atoms with E-state index in [0.717, 1.165) is 11.5 Å². The lowest BCUT2D eigenvalue weighted by atomic mass is 9.99. The van der Waals surface area contributed by atoms with E-state index in [1.54, 1.807) is 0 Å². The van der Waals surface area contributed by atoms with E-state index < -0.39 is 52.7 Å². The summed E-state index contributed by atoms with van der Waals surface area (Å²) in [6.45, 7) is 3.08. The Morgan fingerprint density at radius 3 is 2.39 bits per heavy atom. The number of nitrogen functional groups attached to an aromatic ring is 1. The van der Waals surface area contributed by atoms with E-state index in [2.05, 4.69) is 9.97 Å². The molecule has 0 saturated carbocycles. The Labute approximate surface area is 178 Å².